The van der Waals surface area contributed by atoms with Crippen LogP contribution in [0.4, 0.5) is 10.6 Å². The van der Waals surface area contributed by atoms with E-state index in [1.54, 1.807) is 16.8 Å². The third-order valence-corrected chi connectivity index (χ3v) is 3.02. The molecular formula is C12H10N4O4. The fraction of sp³-hybridized carbons (Fsp3) is 0.167. The molecule has 3 heterocycles. The summed E-state index contributed by atoms with van der Waals surface area (Å²) in [6.07, 6.45) is 3.37. The molecule has 1 aliphatic heterocycles. The Morgan fingerprint density at radius 3 is 2.90 bits per heavy atom. The lowest BCUT2D eigenvalue weighted by atomic mass is 10.3. The number of nitrogens with one attached hydrogen (secondary N) is 1. The van der Waals surface area contributed by atoms with Crippen LogP contribution in [0.1, 0.15) is 16.8 Å². The van der Waals surface area contributed by atoms with Gasteiger partial charge in [0.15, 0.2) is 5.82 Å². The fourth-order valence-electron chi connectivity index (χ4n) is 2.01. The summed E-state index contributed by atoms with van der Waals surface area (Å²) in [6.45, 7) is 0.250. The zero-order chi connectivity index (χ0) is 14.3. The Kier molecular flexibility index (Phi) is 2.63. The van der Waals surface area contributed by atoms with Crippen molar-refractivity contribution in [2.24, 2.45) is 0 Å². The summed E-state index contributed by atoms with van der Waals surface area (Å²) >= 11 is 0. The predicted octanol–water partition coefficient (Wildman–Crippen LogP) is 0.479. The summed E-state index contributed by atoms with van der Waals surface area (Å²) < 4.78 is 1.62. The van der Waals surface area contributed by atoms with E-state index in [-0.39, 0.29) is 24.4 Å². The molecule has 0 saturated carbocycles. The molecule has 8 heteroatoms. The van der Waals surface area contributed by atoms with Gasteiger partial charge in [0, 0.05) is 19.2 Å². The van der Waals surface area contributed by atoms with Gasteiger partial charge in [0.05, 0.1) is 11.8 Å². The second-order valence-corrected chi connectivity index (χ2v) is 4.34. The molecule has 2 N–H and O–H groups in total. The molecule has 0 unspecified atom stereocenters. The number of carbonyl (C=O) groups is 3. The Balaban J connectivity index is 1.98. The number of carboxylic acid groups (broad SMARTS) is 1. The van der Waals surface area contributed by atoms with Gasteiger partial charge in [0.2, 0.25) is 5.91 Å². The third kappa shape index (κ3) is 1.96. The van der Waals surface area contributed by atoms with Crippen LogP contribution in [-0.2, 0) is 4.79 Å². The lowest BCUT2D eigenvalue weighted by Gasteiger charge is -2.24. The molecule has 2 aromatic rings. The van der Waals surface area contributed by atoms with Gasteiger partial charge in [-0.25, -0.2) is 14.6 Å². The van der Waals surface area contributed by atoms with Crippen LogP contribution in [0.2, 0.25) is 0 Å². The molecule has 8 nitrogen and oxygen atoms in total. The van der Waals surface area contributed by atoms with Crippen molar-refractivity contribution in [3.05, 3.63) is 30.1 Å². The minimum Gasteiger partial charge on any atom is -0.478 e. The molecule has 20 heavy (non-hydrogen) atoms. The van der Waals surface area contributed by atoms with E-state index in [1.165, 1.54) is 17.0 Å². The molecule has 1 fully saturated rings. The number of hydrogen-bond acceptors (Lipinski definition) is 4. The van der Waals surface area contributed by atoms with Gasteiger partial charge >= 0.3 is 12.0 Å². The maximum atomic E-state index is 11.7. The molecule has 1 aliphatic rings. The normalized spacial score (nSPS) is 15.5. The molecular weight excluding hydrogens is 264 g/mol. The van der Waals surface area contributed by atoms with E-state index >= 15 is 0 Å². The number of urea groups is 1. The molecule has 0 aromatic carbocycles. The number of rotatable bonds is 2. The molecule has 0 atom stereocenters. The first-order chi connectivity index (χ1) is 9.54. The number of carbonyl (C=O) groups excluding carboxylic acids is 2. The van der Waals surface area contributed by atoms with Crippen molar-refractivity contribution in [2.45, 2.75) is 6.42 Å². The van der Waals surface area contributed by atoms with Gasteiger partial charge in [-0.1, -0.05) is 0 Å². The molecule has 102 valence electrons. The smallest absolute Gasteiger partial charge is 0.335 e. The van der Waals surface area contributed by atoms with E-state index in [0.29, 0.717) is 11.5 Å². The number of aromatic carboxylic acids is 1. The van der Waals surface area contributed by atoms with Crippen molar-refractivity contribution in [3.63, 3.8) is 0 Å². The highest BCUT2D eigenvalue weighted by molar-refractivity contribution is 6.05. The molecule has 0 aliphatic carbocycles. The second kappa shape index (κ2) is 4.34. The van der Waals surface area contributed by atoms with Crippen molar-refractivity contribution in [1.82, 2.24) is 14.7 Å². The standard InChI is InChI=1S/C12H10N4O4/c17-10-2-4-16(12(20)14-10)9-6-15-3-1-7(11(18)19)5-8(15)13-9/h1,3,5-6H,2,4H2,(H,18,19)(H,14,17,20). The molecule has 3 amide bonds. The Bertz CT molecular complexity index is 736. The van der Waals surface area contributed by atoms with Gasteiger partial charge in [-0.2, -0.15) is 0 Å². The first-order valence-electron chi connectivity index (χ1n) is 5.88. The zero-order valence-electron chi connectivity index (χ0n) is 10.2. The van der Waals surface area contributed by atoms with E-state index in [4.69, 9.17) is 5.11 Å². The quantitative estimate of drug-likeness (QED) is 0.828. The summed E-state index contributed by atoms with van der Waals surface area (Å²) in [5.41, 5.74) is 0.539. The predicted molar refractivity (Wildman–Crippen MR) is 67.7 cm³/mol. The largest absolute Gasteiger partial charge is 0.478 e. The highest BCUT2D eigenvalue weighted by Crippen LogP contribution is 2.18. The molecule has 1 saturated heterocycles. The van der Waals surface area contributed by atoms with Gasteiger partial charge in [0.1, 0.15) is 5.65 Å². The van der Waals surface area contributed by atoms with Gasteiger partial charge in [0.25, 0.3) is 0 Å². The van der Waals surface area contributed by atoms with Crippen molar-refractivity contribution >= 4 is 29.4 Å². The van der Waals surface area contributed by atoms with Gasteiger partial charge in [-0.3, -0.25) is 15.0 Å². The van der Waals surface area contributed by atoms with Crippen molar-refractivity contribution in [3.8, 4) is 0 Å². The van der Waals surface area contributed by atoms with E-state index in [1.807, 2.05) is 0 Å². The monoisotopic (exact) mass is 274 g/mol. The van der Waals surface area contributed by atoms with E-state index in [0.717, 1.165) is 0 Å². The maximum absolute atomic E-state index is 11.7. The van der Waals surface area contributed by atoms with Gasteiger partial charge in [-0.05, 0) is 12.1 Å². The lowest BCUT2D eigenvalue weighted by Crippen LogP contribution is -2.49. The van der Waals surface area contributed by atoms with Crippen LogP contribution in [-0.4, -0.2) is 38.9 Å². The van der Waals surface area contributed by atoms with Gasteiger partial charge < -0.3 is 9.51 Å². The average molecular weight is 274 g/mol. The minimum atomic E-state index is -1.04. The van der Waals surface area contributed by atoms with Crippen LogP contribution in [0.3, 0.4) is 0 Å². The number of imide groups is 1. The van der Waals surface area contributed by atoms with Crippen LogP contribution in [0.15, 0.2) is 24.5 Å². The number of amides is 3. The lowest BCUT2D eigenvalue weighted by molar-refractivity contribution is -0.120. The summed E-state index contributed by atoms with van der Waals surface area (Å²) in [5.74, 6) is -0.987. The first-order valence-corrected chi connectivity index (χ1v) is 5.88. The number of fused-ring (bicyclic) bond motifs is 1. The van der Waals surface area contributed by atoms with Crippen LogP contribution in [0.5, 0.6) is 0 Å². The summed E-state index contributed by atoms with van der Waals surface area (Å²) in [7, 11) is 0. The summed E-state index contributed by atoms with van der Waals surface area (Å²) in [4.78, 5) is 39.2. The van der Waals surface area contributed by atoms with E-state index in [2.05, 4.69) is 10.3 Å². The highest BCUT2D eigenvalue weighted by Gasteiger charge is 2.26. The number of nitrogens with zero attached hydrogens (tertiary/aromatic N) is 3. The zero-order valence-corrected chi connectivity index (χ0v) is 10.2. The average Bonchev–Trinajstić information content (AvgIpc) is 2.80. The maximum Gasteiger partial charge on any atom is 0.335 e. The number of anilines is 1. The first kappa shape index (κ1) is 12.2. The summed E-state index contributed by atoms with van der Waals surface area (Å²) in [6, 6.07) is 2.34. The van der Waals surface area contributed by atoms with E-state index in [9.17, 15) is 14.4 Å². The third-order valence-electron chi connectivity index (χ3n) is 3.02. The van der Waals surface area contributed by atoms with Crippen LogP contribution in [0.25, 0.3) is 5.65 Å². The Morgan fingerprint density at radius 2 is 2.20 bits per heavy atom. The Hall–Kier alpha value is -2.90. The molecule has 3 rings (SSSR count). The summed E-state index contributed by atoms with van der Waals surface area (Å²) in [5, 5.41) is 11.1. The molecule has 0 bridgehead atoms. The molecule has 0 radical (unpaired) electrons. The van der Waals surface area contributed by atoms with Crippen molar-refractivity contribution in [2.75, 3.05) is 11.4 Å². The van der Waals surface area contributed by atoms with Gasteiger partial charge in [-0.15, -0.1) is 0 Å². The van der Waals surface area contributed by atoms with E-state index < -0.39 is 12.0 Å². The second-order valence-electron chi connectivity index (χ2n) is 4.34. The fourth-order valence-corrected chi connectivity index (χ4v) is 2.01. The highest BCUT2D eigenvalue weighted by atomic mass is 16.4. The Morgan fingerprint density at radius 1 is 1.40 bits per heavy atom. The van der Waals surface area contributed by atoms with Crippen molar-refractivity contribution < 1.29 is 19.5 Å². The van der Waals surface area contributed by atoms with Crippen LogP contribution < -0.4 is 10.2 Å². The molecule has 2 aromatic heterocycles. The number of hydrogen-bond donors (Lipinski definition) is 2. The van der Waals surface area contributed by atoms with Crippen molar-refractivity contribution in [1.29, 1.82) is 0 Å². The number of pyridine rings is 1. The SMILES string of the molecule is O=C1CCN(c2cn3ccc(C(=O)O)cc3n2)C(=O)N1. The number of carboxylic acids is 1. The topological polar surface area (TPSA) is 104 Å². The van der Waals surface area contributed by atoms with Crippen LogP contribution in [0, 0.1) is 0 Å². The van der Waals surface area contributed by atoms with Crippen LogP contribution >= 0.6 is 0 Å². The minimum absolute atomic E-state index is 0.118. The number of aromatic nitrogens is 2. The molecule has 0 spiro atoms. The Labute approximate surface area is 112 Å². The number of imidazole rings is 1.